The first-order valence-electron chi connectivity index (χ1n) is 10.4. The van der Waals surface area contributed by atoms with Gasteiger partial charge in [0.15, 0.2) is 0 Å². The van der Waals surface area contributed by atoms with Crippen LogP contribution in [0.4, 0.5) is 5.69 Å². The van der Waals surface area contributed by atoms with E-state index in [9.17, 15) is 9.59 Å². The number of hydrogen-bond donors (Lipinski definition) is 1. The molecule has 162 valence electrons. The maximum Gasteiger partial charge on any atom is 0.270 e. The number of benzene rings is 2. The number of aromatic nitrogens is 3. The summed E-state index contributed by atoms with van der Waals surface area (Å²) in [5.74, 6) is 0.0286. The Kier molecular flexibility index (Phi) is 5.22. The minimum Gasteiger partial charge on any atom is -0.351 e. The third kappa shape index (κ3) is 3.67. The van der Waals surface area contributed by atoms with Gasteiger partial charge in [-0.1, -0.05) is 30.3 Å². The fraction of sp³-hybridized carbons (Fsp3) is 0.208. The van der Waals surface area contributed by atoms with Gasteiger partial charge in [-0.25, -0.2) is 4.98 Å². The summed E-state index contributed by atoms with van der Waals surface area (Å²) >= 11 is 1.59. The average Bonchev–Trinajstić information content (AvgIpc) is 3.39. The SMILES string of the molecule is CN1C(=O)[C@@H](NC(=O)c2cncn2Cc2ccccc2)CSc2cc3c(ccn3C)cc21. The van der Waals surface area contributed by atoms with E-state index in [4.69, 9.17) is 0 Å². The van der Waals surface area contributed by atoms with Crippen LogP contribution in [0.5, 0.6) is 0 Å². The highest BCUT2D eigenvalue weighted by molar-refractivity contribution is 7.99. The molecule has 1 N–H and O–H groups in total. The molecule has 0 radical (unpaired) electrons. The van der Waals surface area contributed by atoms with Crippen molar-refractivity contribution in [3.63, 3.8) is 0 Å². The van der Waals surface area contributed by atoms with Crippen molar-refractivity contribution < 1.29 is 9.59 Å². The topological polar surface area (TPSA) is 72.2 Å². The molecule has 0 aliphatic carbocycles. The van der Waals surface area contributed by atoms with E-state index in [0.717, 1.165) is 27.0 Å². The molecule has 8 heteroatoms. The van der Waals surface area contributed by atoms with Crippen molar-refractivity contribution in [1.82, 2.24) is 19.4 Å². The van der Waals surface area contributed by atoms with Crippen LogP contribution in [-0.2, 0) is 18.4 Å². The number of fused-ring (bicyclic) bond motifs is 2. The van der Waals surface area contributed by atoms with Gasteiger partial charge in [0.1, 0.15) is 11.7 Å². The van der Waals surface area contributed by atoms with E-state index >= 15 is 0 Å². The molecule has 7 nitrogen and oxygen atoms in total. The van der Waals surface area contributed by atoms with Gasteiger partial charge in [-0.05, 0) is 23.8 Å². The summed E-state index contributed by atoms with van der Waals surface area (Å²) in [7, 11) is 3.77. The number of likely N-dealkylation sites (N-methyl/N-ethyl adjacent to an activating group) is 1. The van der Waals surface area contributed by atoms with Crippen LogP contribution >= 0.6 is 11.8 Å². The smallest absolute Gasteiger partial charge is 0.270 e. The molecule has 0 spiro atoms. The van der Waals surface area contributed by atoms with E-state index < -0.39 is 6.04 Å². The number of thioether (sulfide) groups is 1. The van der Waals surface area contributed by atoms with E-state index in [-0.39, 0.29) is 11.8 Å². The highest BCUT2D eigenvalue weighted by Crippen LogP contribution is 2.37. The summed E-state index contributed by atoms with van der Waals surface area (Å²) in [4.78, 5) is 33.1. The summed E-state index contributed by atoms with van der Waals surface area (Å²) in [5, 5.41) is 4.01. The Hall–Kier alpha value is -3.52. The lowest BCUT2D eigenvalue weighted by Crippen LogP contribution is -2.48. The predicted molar refractivity (Wildman–Crippen MR) is 126 cm³/mol. The number of amides is 2. The molecule has 32 heavy (non-hydrogen) atoms. The molecular formula is C24H23N5O2S. The largest absolute Gasteiger partial charge is 0.351 e. The van der Waals surface area contributed by atoms with Crippen LogP contribution in [0, 0.1) is 0 Å². The zero-order chi connectivity index (χ0) is 22.2. The third-order valence-electron chi connectivity index (χ3n) is 5.81. The second-order valence-electron chi connectivity index (χ2n) is 7.93. The van der Waals surface area contributed by atoms with Gasteiger partial charge in [0.2, 0.25) is 5.91 Å². The summed E-state index contributed by atoms with van der Waals surface area (Å²) in [5.41, 5.74) is 3.48. The first kappa shape index (κ1) is 20.4. The van der Waals surface area contributed by atoms with E-state index in [0.29, 0.717) is 18.0 Å². The van der Waals surface area contributed by atoms with Gasteiger partial charge in [-0.3, -0.25) is 9.59 Å². The van der Waals surface area contributed by atoms with Crippen LogP contribution in [0.3, 0.4) is 0 Å². The molecule has 0 saturated heterocycles. The predicted octanol–water partition coefficient (Wildman–Crippen LogP) is 3.29. The molecule has 3 heterocycles. The van der Waals surface area contributed by atoms with Crippen LogP contribution in [0.2, 0.25) is 0 Å². The molecule has 4 aromatic rings. The fourth-order valence-corrected chi connectivity index (χ4v) is 5.12. The van der Waals surface area contributed by atoms with Crippen LogP contribution < -0.4 is 10.2 Å². The molecule has 1 aliphatic heterocycles. The zero-order valence-corrected chi connectivity index (χ0v) is 18.7. The van der Waals surface area contributed by atoms with Gasteiger partial charge in [0.25, 0.3) is 5.91 Å². The maximum absolute atomic E-state index is 13.2. The Morgan fingerprint density at radius 1 is 1.19 bits per heavy atom. The first-order valence-corrected chi connectivity index (χ1v) is 11.3. The van der Waals surface area contributed by atoms with Gasteiger partial charge < -0.3 is 19.4 Å². The van der Waals surface area contributed by atoms with E-state index in [1.807, 2.05) is 55.7 Å². The third-order valence-corrected chi connectivity index (χ3v) is 6.95. The van der Waals surface area contributed by atoms with Gasteiger partial charge in [0, 0.05) is 48.4 Å². The second kappa shape index (κ2) is 8.20. The Balaban J connectivity index is 1.36. The van der Waals surface area contributed by atoms with Crippen molar-refractivity contribution in [1.29, 1.82) is 0 Å². The Morgan fingerprint density at radius 2 is 2.00 bits per heavy atom. The molecule has 0 fully saturated rings. The molecule has 0 bridgehead atoms. The van der Waals surface area contributed by atoms with Gasteiger partial charge in [-0.2, -0.15) is 0 Å². The molecule has 1 atom stereocenters. The van der Waals surface area contributed by atoms with E-state index in [2.05, 4.69) is 20.9 Å². The number of aryl methyl sites for hydroxylation is 1. The van der Waals surface area contributed by atoms with Crippen molar-refractivity contribution in [3.05, 3.63) is 78.5 Å². The molecule has 1 aliphatic rings. The van der Waals surface area contributed by atoms with Crippen molar-refractivity contribution in [3.8, 4) is 0 Å². The van der Waals surface area contributed by atoms with Crippen molar-refractivity contribution in [2.75, 3.05) is 17.7 Å². The summed E-state index contributed by atoms with van der Waals surface area (Å²) in [6.45, 7) is 0.537. The Bertz CT molecular complexity index is 1310. The number of anilines is 1. The monoisotopic (exact) mass is 445 g/mol. The quantitative estimate of drug-likeness (QED) is 0.523. The molecule has 2 aromatic heterocycles. The molecule has 2 amide bonds. The maximum atomic E-state index is 13.2. The molecule has 0 unspecified atom stereocenters. The number of rotatable bonds is 4. The number of carbonyl (C=O) groups is 2. The van der Waals surface area contributed by atoms with Gasteiger partial charge in [-0.15, -0.1) is 11.8 Å². The number of hydrogen-bond acceptors (Lipinski definition) is 4. The number of nitrogens with one attached hydrogen (secondary N) is 1. The molecule has 2 aromatic carbocycles. The normalized spacial score (nSPS) is 16.1. The van der Waals surface area contributed by atoms with Crippen molar-refractivity contribution >= 4 is 40.2 Å². The van der Waals surface area contributed by atoms with Crippen LogP contribution in [0.1, 0.15) is 16.1 Å². The second-order valence-corrected chi connectivity index (χ2v) is 8.99. The lowest BCUT2D eigenvalue weighted by Gasteiger charge is -2.22. The number of carbonyl (C=O) groups excluding carboxylic acids is 2. The first-order chi connectivity index (χ1) is 15.5. The minimum absolute atomic E-state index is 0.131. The Labute approximate surface area is 190 Å². The van der Waals surface area contributed by atoms with E-state index in [1.165, 1.54) is 6.20 Å². The number of nitrogens with zero attached hydrogens (tertiary/aromatic N) is 4. The van der Waals surface area contributed by atoms with Gasteiger partial charge >= 0.3 is 0 Å². The lowest BCUT2D eigenvalue weighted by molar-refractivity contribution is -0.119. The summed E-state index contributed by atoms with van der Waals surface area (Å²) in [6, 6.07) is 15.4. The molecule has 5 rings (SSSR count). The summed E-state index contributed by atoms with van der Waals surface area (Å²) < 4.78 is 3.86. The zero-order valence-electron chi connectivity index (χ0n) is 17.9. The highest BCUT2D eigenvalue weighted by atomic mass is 32.2. The van der Waals surface area contributed by atoms with E-state index in [1.54, 1.807) is 34.6 Å². The minimum atomic E-state index is -0.631. The molecular weight excluding hydrogens is 422 g/mol. The van der Waals surface area contributed by atoms with Crippen LogP contribution in [-0.4, -0.2) is 44.8 Å². The van der Waals surface area contributed by atoms with Crippen molar-refractivity contribution in [2.45, 2.75) is 17.5 Å². The number of imidazole rings is 1. The lowest BCUT2D eigenvalue weighted by atomic mass is 10.2. The average molecular weight is 446 g/mol. The fourth-order valence-electron chi connectivity index (χ4n) is 4.01. The van der Waals surface area contributed by atoms with Gasteiger partial charge in [0.05, 0.1) is 18.2 Å². The standard InChI is InChI=1S/C24H23N5O2S/c1-27-9-8-17-10-20-22(11-19(17)27)32-14-18(24(31)28(20)2)26-23(30)21-12-25-15-29(21)13-16-6-4-3-5-7-16/h3-12,15,18H,13-14H2,1-2H3,(H,26,30)/t18-/m0/s1. The molecule has 0 saturated carbocycles. The van der Waals surface area contributed by atoms with Crippen LogP contribution in [0.15, 0.2) is 72.1 Å². The summed E-state index contributed by atoms with van der Waals surface area (Å²) in [6.07, 6.45) is 5.19. The van der Waals surface area contributed by atoms with Crippen LogP contribution in [0.25, 0.3) is 10.9 Å². The highest BCUT2D eigenvalue weighted by Gasteiger charge is 2.31. The Morgan fingerprint density at radius 3 is 2.81 bits per heavy atom. The van der Waals surface area contributed by atoms with Crippen molar-refractivity contribution in [2.24, 2.45) is 7.05 Å².